The third-order valence-electron chi connectivity index (χ3n) is 7.15. The average Bonchev–Trinajstić information content (AvgIpc) is 2.98. The molecule has 1 saturated heterocycles. The van der Waals surface area contributed by atoms with Gasteiger partial charge in [-0.3, -0.25) is 19.1 Å². The van der Waals surface area contributed by atoms with Gasteiger partial charge in [-0.25, -0.2) is 9.97 Å². The first-order valence-electron chi connectivity index (χ1n) is 11.7. The van der Waals surface area contributed by atoms with Crippen molar-refractivity contribution in [2.45, 2.75) is 76.9 Å². The first kappa shape index (κ1) is 19.7. The van der Waals surface area contributed by atoms with Gasteiger partial charge in [-0.15, -0.1) is 0 Å². The summed E-state index contributed by atoms with van der Waals surface area (Å²) in [5.41, 5.74) is 0.876. The highest BCUT2D eigenvalue weighted by Gasteiger charge is 2.27. The van der Waals surface area contributed by atoms with Crippen LogP contribution >= 0.6 is 0 Å². The minimum absolute atomic E-state index is 0.00215. The SMILES string of the molecule is O=C(Cn1cnc2c(nc3n2CCCCC3)c1=O)N1CCN(C2CCCCC2)CC1. The Hall–Kier alpha value is -2.22. The van der Waals surface area contributed by atoms with Crippen LogP contribution in [0.2, 0.25) is 0 Å². The first-order valence-corrected chi connectivity index (χ1v) is 11.7. The third kappa shape index (κ3) is 3.77. The molecule has 2 aromatic rings. The molecule has 0 spiro atoms. The molecule has 8 nitrogen and oxygen atoms in total. The van der Waals surface area contributed by atoms with Crippen LogP contribution in [0, 0.1) is 0 Å². The standard InChI is InChI=1S/C22H32N6O2/c29-19(26-13-11-25(12-14-26)17-7-3-1-4-8-17)15-27-16-23-21-20(22(27)30)24-18-9-5-2-6-10-28(18)21/h16-17H,1-15H2. The van der Waals surface area contributed by atoms with Gasteiger partial charge in [-0.2, -0.15) is 0 Å². The number of piperazine rings is 1. The molecule has 162 valence electrons. The van der Waals surface area contributed by atoms with Crippen molar-refractivity contribution in [2.75, 3.05) is 26.2 Å². The monoisotopic (exact) mass is 412 g/mol. The second-order valence-electron chi connectivity index (χ2n) is 9.05. The zero-order valence-corrected chi connectivity index (χ0v) is 17.8. The summed E-state index contributed by atoms with van der Waals surface area (Å²) in [5, 5.41) is 0. The van der Waals surface area contributed by atoms with Crippen LogP contribution in [0.4, 0.5) is 0 Å². The van der Waals surface area contributed by atoms with Crippen LogP contribution in [0.25, 0.3) is 11.2 Å². The lowest BCUT2D eigenvalue weighted by atomic mass is 9.94. The second kappa shape index (κ2) is 8.49. The summed E-state index contributed by atoms with van der Waals surface area (Å²) >= 11 is 0. The zero-order valence-electron chi connectivity index (χ0n) is 17.8. The minimum Gasteiger partial charge on any atom is -0.339 e. The molecular weight excluding hydrogens is 380 g/mol. The molecule has 2 aliphatic heterocycles. The number of imidazole rings is 1. The van der Waals surface area contributed by atoms with Gasteiger partial charge in [0.05, 0.1) is 0 Å². The van der Waals surface area contributed by atoms with Gasteiger partial charge in [0.25, 0.3) is 5.56 Å². The number of hydrogen-bond acceptors (Lipinski definition) is 5. The molecule has 0 atom stereocenters. The van der Waals surface area contributed by atoms with Crippen LogP contribution in [-0.4, -0.2) is 67.0 Å². The lowest BCUT2D eigenvalue weighted by Crippen LogP contribution is -2.53. The predicted molar refractivity (Wildman–Crippen MR) is 114 cm³/mol. The maximum Gasteiger partial charge on any atom is 0.282 e. The van der Waals surface area contributed by atoms with E-state index in [0.717, 1.165) is 57.8 Å². The molecule has 3 aliphatic rings. The lowest BCUT2D eigenvalue weighted by Gasteiger charge is -2.40. The Kier molecular flexibility index (Phi) is 5.58. The maximum atomic E-state index is 13.0. The Morgan fingerprint density at radius 2 is 1.73 bits per heavy atom. The van der Waals surface area contributed by atoms with Gasteiger partial charge in [0.15, 0.2) is 11.2 Å². The first-order chi connectivity index (χ1) is 14.7. The van der Waals surface area contributed by atoms with E-state index in [9.17, 15) is 9.59 Å². The van der Waals surface area contributed by atoms with Gasteiger partial charge < -0.3 is 9.47 Å². The fraction of sp³-hybridized carbons (Fsp3) is 0.727. The van der Waals surface area contributed by atoms with E-state index in [2.05, 4.69) is 19.4 Å². The molecule has 30 heavy (non-hydrogen) atoms. The fourth-order valence-electron chi connectivity index (χ4n) is 5.37. The number of fused-ring (bicyclic) bond motifs is 3. The molecule has 1 aliphatic carbocycles. The molecule has 0 radical (unpaired) electrons. The Morgan fingerprint density at radius 1 is 0.967 bits per heavy atom. The quantitative estimate of drug-likeness (QED) is 0.768. The van der Waals surface area contributed by atoms with E-state index in [1.54, 1.807) is 0 Å². The van der Waals surface area contributed by atoms with E-state index < -0.39 is 0 Å². The number of carbonyl (C=O) groups is 1. The number of aromatic nitrogens is 4. The van der Waals surface area contributed by atoms with Crippen molar-refractivity contribution in [3.63, 3.8) is 0 Å². The molecule has 5 rings (SSSR count). The molecule has 2 aromatic heterocycles. The van der Waals surface area contributed by atoms with E-state index in [4.69, 9.17) is 0 Å². The third-order valence-corrected chi connectivity index (χ3v) is 7.15. The number of hydrogen-bond donors (Lipinski definition) is 0. The van der Waals surface area contributed by atoms with Crippen molar-refractivity contribution in [3.05, 3.63) is 22.5 Å². The Balaban J connectivity index is 1.26. The van der Waals surface area contributed by atoms with E-state index in [1.807, 2.05) is 4.90 Å². The molecule has 0 bridgehead atoms. The van der Waals surface area contributed by atoms with Crippen LogP contribution in [0.15, 0.2) is 11.1 Å². The Bertz CT molecular complexity index is 966. The second-order valence-corrected chi connectivity index (χ2v) is 9.05. The van der Waals surface area contributed by atoms with Crippen molar-refractivity contribution >= 4 is 17.1 Å². The van der Waals surface area contributed by atoms with E-state index in [-0.39, 0.29) is 18.0 Å². The van der Waals surface area contributed by atoms with Gasteiger partial charge in [0, 0.05) is 45.2 Å². The fourth-order valence-corrected chi connectivity index (χ4v) is 5.37. The van der Waals surface area contributed by atoms with Crippen molar-refractivity contribution in [2.24, 2.45) is 0 Å². The predicted octanol–water partition coefficient (Wildman–Crippen LogP) is 1.80. The Morgan fingerprint density at radius 3 is 2.53 bits per heavy atom. The summed E-state index contributed by atoms with van der Waals surface area (Å²) in [5.74, 6) is 0.956. The minimum atomic E-state index is -0.199. The smallest absolute Gasteiger partial charge is 0.282 e. The molecule has 0 N–H and O–H groups in total. The van der Waals surface area contributed by atoms with E-state index >= 15 is 0 Å². The lowest BCUT2D eigenvalue weighted by molar-refractivity contribution is -0.134. The molecule has 1 saturated carbocycles. The summed E-state index contributed by atoms with van der Waals surface area (Å²) < 4.78 is 3.52. The van der Waals surface area contributed by atoms with E-state index in [0.29, 0.717) is 17.2 Å². The topological polar surface area (TPSA) is 76.3 Å². The van der Waals surface area contributed by atoms with Crippen LogP contribution in [0.3, 0.4) is 0 Å². The highest BCUT2D eigenvalue weighted by atomic mass is 16.2. The summed E-state index contributed by atoms with van der Waals surface area (Å²) in [6.45, 7) is 4.30. The van der Waals surface area contributed by atoms with Crippen LogP contribution in [0.1, 0.15) is 57.2 Å². The van der Waals surface area contributed by atoms with Crippen molar-refractivity contribution in [1.82, 2.24) is 28.9 Å². The van der Waals surface area contributed by atoms with Crippen molar-refractivity contribution in [1.29, 1.82) is 0 Å². The van der Waals surface area contributed by atoms with Crippen molar-refractivity contribution in [3.8, 4) is 0 Å². The van der Waals surface area contributed by atoms with Crippen molar-refractivity contribution < 1.29 is 4.79 Å². The Labute approximate surface area is 176 Å². The highest BCUT2D eigenvalue weighted by molar-refractivity contribution is 5.77. The molecule has 0 aromatic carbocycles. The van der Waals surface area contributed by atoms with Gasteiger partial charge in [-0.05, 0) is 25.7 Å². The number of carbonyl (C=O) groups excluding carboxylic acids is 1. The van der Waals surface area contributed by atoms with Gasteiger partial charge in [-0.1, -0.05) is 25.7 Å². The molecule has 1 amide bonds. The highest BCUT2D eigenvalue weighted by Crippen LogP contribution is 2.23. The van der Waals surface area contributed by atoms with Crippen LogP contribution in [-0.2, 0) is 24.3 Å². The largest absolute Gasteiger partial charge is 0.339 e. The van der Waals surface area contributed by atoms with Gasteiger partial charge >= 0.3 is 0 Å². The molecule has 4 heterocycles. The van der Waals surface area contributed by atoms with Gasteiger partial charge in [0.1, 0.15) is 18.7 Å². The maximum absolute atomic E-state index is 13.0. The summed E-state index contributed by atoms with van der Waals surface area (Å²) in [7, 11) is 0. The number of aryl methyl sites for hydroxylation is 2. The van der Waals surface area contributed by atoms with Crippen LogP contribution < -0.4 is 5.56 Å². The molecule has 8 heteroatoms. The average molecular weight is 413 g/mol. The molecule has 2 fully saturated rings. The summed E-state index contributed by atoms with van der Waals surface area (Å²) in [6, 6.07) is 0.696. The number of amides is 1. The normalized spacial score (nSPS) is 21.5. The van der Waals surface area contributed by atoms with Crippen LogP contribution in [0.5, 0.6) is 0 Å². The molecular formula is C22H32N6O2. The van der Waals surface area contributed by atoms with E-state index in [1.165, 1.54) is 49.4 Å². The summed E-state index contributed by atoms with van der Waals surface area (Å²) in [6.07, 6.45) is 12.4. The van der Waals surface area contributed by atoms with Gasteiger partial charge in [0.2, 0.25) is 5.91 Å². The molecule has 0 unspecified atom stereocenters. The zero-order chi connectivity index (χ0) is 20.5. The number of nitrogens with zero attached hydrogens (tertiary/aromatic N) is 6. The summed E-state index contributed by atoms with van der Waals surface area (Å²) in [4.78, 5) is 39.4. The number of rotatable bonds is 3.